The van der Waals surface area contributed by atoms with Crippen LogP contribution >= 0.6 is 0 Å². The van der Waals surface area contributed by atoms with Crippen LogP contribution in [0, 0.1) is 15.9 Å². The number of nitrogens with zero attached hydrogens (tertiary/aromatic N) is 2. The van der Waals surface area contributed by atoms with Crippen LogP contribution in [0.2, 0.25) is 0 Å². The second kappa shape index (κ2) is 7.29. The largest absolute Gasteiger partial charge is 0.369 e. The molecule has 0 saturated carbocycles. The van der Waals surface area contributed by atoms with Crippen LogP contribution in [-0.2, 0) is 0 Å². The maximum atomic E-state index is 14.4. The number of rotatable bonds is 4. The van der Waals surface area contributed by atoms with Gasteiger partial charge < -0.3 is 10.2 Å². The third-order valence-electron chi connectivity index (χ3n) is 4.22. The molecule has 130 valence electrons. The van der Waals surface area contributed by atoms with E-state index in [0.717, 1.165) is 32.4 Å². The second-order valence-electron chi connectivity index (χ2n) is 5.98. The molecule has 1 saturated heterocycles. The SMILES string of the molecule is O=C(Nc1ccc(N2CCCCC2)c(F)c1)c1cccc([N+](=O)[O-])c1. The molecule has 1 fully saturated rings. The summed E-state index contributed by atoms with van der Waals surface area (Å²) in [5, 5.41) is 13.4. The molecule has 6 nitrogen and oxygen atoms in total. The van der Waals surface area contributed by atoms with E-state index in [1.165, 1.54) is 30.3 Å². The van der Waals surface area contributed by atoms with Crippen molar-refractivity contribution in [3.63, 3.8) is 0 Å². The monoisotopic (exact) mass is 343 g/mol. The van der Waals surface area contributed by atoms with Gasteiger partial charge in [-0.2, -0.15) is 0 Å². The summed E-state index contributed by atoms with van der Waals surface area (Å²) >= 11 is 0. The molecular weight excluding hydrogens is 325 g/mol. The summed E-state index contributed by atoms with van der Waals surface area (Å²) in [6, 6.07) is 9.98. The van der Waals surface area contributed by atoms with Gasteiger partial charge >= 0.3 is 0 Å². The average molecular weight is 343 g/mol. The normalized spacial score (nSPS) is 14.2. The van der Waals surface area contributed by atoms with Crippen molar-refractivity contribution in [2.45, 2.75) is 19.3 Å². The van der Waals surface area contributed by atoms with Crippen LogP contribution in [0.25, 0.3) is 0 Å². The number of carbonyl (C=O) groups excluding carboxylic acids is 1. The number of nitro benzene ring substituents is 1. The minimum atomic E-state index is -0.566. The molecule has 0 bridgehead atoms. The number of benzene rings is 2. The van der Waals surface area contributed by atoms with Crippen molar-refractivity contribution in [2.75, 3.05) is 23.3 Å². The molecule has 1 aliphatic heterocycles. The van der Waals surface area contributed by atoms with E-state index in [1.54, 1.807) is 12.1 Å². The van der Waals surface area contributed by atoms with E-state index in [2.05, 4.69) is 5.32 Å². The Morgan fingerprint density at radius 3 is 2.56 bits per heavy atom. The van der Waals surface area contributed by atoms with Crippen LogP contribution in [0.5, 0.6) is 0 Å². The predicted octanol–water partition coefficient (Wildman–Crippen LogP) is 3.98. The van der Waals surface area contributed by atoms with Gasteiger partial charge in [-0.25, -0.2) is 4.39 Å². The second-order valence-corrected chi connectivity index (χ2v) is 5.98. The average Bonchev–Trinajstić information content (AvgIpc) is 2.62. The molecule has 0 aliphatic carbocycles. The van der Waals surface area contributed by atoms with Crippen LogP contribution in [0.1, 0.15) is 29.6 Å². The van der Waals surface area contributed by atoms with Crippen molar-refractivity contribution < 1.29 is 14.1 Å². The van der Waals surface area contributed by atoms with Gasteiger partial charge in [-0.3, -0.25) is 14.9 Å². The summed E-state index contributed by atoms with van der Waals surface area (Å²) in [5.74, 6) is -0.910. The molecule has 2 aromatic rings. The first-order valence-corrected chi connectivity index (χ1v) is 8.15. The van der Waals surface area contributed by atoms with E-state index in [9.17, 15) is 19.3 Å². The molecule has 0 radical (unpaired) electrons. The molecular formula is C18H18FN3O3. The molecule has 25 heavy (non-hydrogen) atoms. The van der Waals surface area contributed by atoms with Gasteiger partial charge in [0, 0.05) is 36.5 Å². The highest BCUT2D eigenvalue weighted by molar-refractivity contribution is 6.04. The molecule has 0 unspecified atom stereocenters. The quantitative estimate of drug-likeness (QED) is 0.673. The zero-order chi connectivity index (χ0) is 17.8. The molecule has 0 aromatic heterocycles. The number of nitro groups is 1. The first-order chi connectivity index (χ1) is 12.0. The fourth-order valence-electron chi connectivity index (χ4n) is 2.94. The summed E-state index contributed by atoms with van der Waals surface area (Å²) in [6.45, 7) is 1.66. The summed E-state index contributed by atoms with van der Waals surface area (Å²) in [7, 11) is 0. The molecule has 1 amide bonds. The molecule has 1 N–H and O–H groups in total. The minimum absolute atomic E-state index is 0.148. The number of non-ortho nitro benzene ring substituents is 1. The van der Waals surface area contributed by atoms with Gasteiger partial charge in [0.15, 0.2) is 0 Å². The Hall–Kier alpha value is -2.96. The number of nitrogens with one attached hydrogen (secondary N) is 1. The van der Waals surface area contributed by atoms with Gasteiger partial charge in [-0.15, -0.1) is 0 Å². The third kappa shape index (κ3) is 3.93. The molecule has 7 heteroatoms. The Labute approximate surface area is 144 Å². The zero-order valence-electron chi connectivity index (χ0n) is 13.6. The Bertz CT molecular complexity index is 804. The van der Waals surface area contributed by atoms with Gasteiger partial charge in [-0.05, 0) is 43.5 Å². The van der Waals surface area contributed by atoms with Crippen LogP contribution in [0.3, 0.4) is 0 Å². The Morgan fingerprint density at radius 2 is 1.88 bits per heavy atom. The van der Waals surface area contributed by atoms with Crippen molar-refractivity contribution in [1.82, 2.24) is 0 Å². The lowest BCUT2D eigenvalue weighted by molar-refractivity contribution is -0.384. The summed E-state index contributed by atoms with van der Waals surface area (Å²) in [6.07, 6.45) is 3.25. The highest BCUT2D eigenvalue weighted by Crippen LogP contribution is 2.26. The lowest BCUT2D eigenvalue weighted by Crippen LogP contribution is -2.30. The van der Waals surface area contributed by atoms with E-state index < -0.39 is 16.6 Å². The van der Waals surface area contributed by atoms with Crippen LogP contribution in [-0.4, -0.2) is 23.9 Å². The maximum absolute atomic E-state index is 14.4. The van der Waals surface area contributed by atoms with E-state index in [-0.39, 0.29) is 11.3 Å². The van der Waals surface area contributed by atoms with Gasteiger partial charge in [-0.1, -0.05) is 6.07 Å². The van der Waals surface area contributed by atoms with Gasteiger partial charge in [0.2, 0.25) is 0 Å². The first kappa shape index (κ1) is 16.9. The third-order valence-corrected chi connectivity index (χ3v) is 4.22. The molecule has 1 heterocycles. The molecule has 1 aliphatic rings. The number of anilines is 2. The van der Waals surface area contributed by atoms with Crippen molar-refractivity contribution >= 4 is 23.0 Å². The van der Waals surface area contributed by atoms with Gasteiger partial charge in [0.25, 0.3) is 11.6 Å². The highest BCUT2D eigenvalue weighted by Gasteiger charge is 2.16. The lowest BCUT2D eigenvalue weighted by atomic mass is 10.1. The molecule has 0 atom stereocenters. The number of halogens is 1. The Kier molecular flexibility index (Phi) is 4.92. The fourth-order valence-corrected chi connectivity index (χ4v) is 2.94. The number of carbonyl (C=O) groups is 1. The van der Waals surface area contributed by atoms with Crippen molar-refractivity contribution in [3.8, 4) is 0 Å². The molecule has 0 spiro atoms. The predicted molar refractivity (Wildman–Crippen MR) is 93.5 cm³/mol. The van der Waals surface area contributed by atoms with Crippen molar-refractivity contribution in [2.24, 2.45) is 0 Å². The number of hydrogen-bond donors (Lipinski definition) is 1. The molecule has 3 rings (SSSR count). The van der Waals surface area contributed by atoms with E-state index >= 15 is 0 Å². The van der Waals surface area contributed by atoms with Crippen LogP contribution in [0.4, 0.5) is 21.5 Å². The highest BCUT2D eigenvalue weighted by atomic mass is 19.1. The van der Waals surface area contributed by atoms with Gasteiger partial charge in [0.1, 0.15) is 5.82 Å². The minimum Gasteiger partial charge on any atom is -0.369 e. The Balaban J connectivity index is 1.74. The number of piperidine rings is 1. The zero-order valence-corrected chi connectivity index (χ0v) is 13.6. The summed E-state index contributed by atoms with van der Waals surface area (Å²) in [5.41, 5.74) is 0.830. The number of hydrogen-bond acceptors (Lipinski definition) is 4. The topological polar surface area (TPSA) is 75.5 Å². The fraction of sp³-hybridized carbons (Fsp3) is 0.278. The van der Waals surface area contributed by atoms with E-state index in [4.69, 9.17) is 0 Å². The number of amides is 1. The first-order valence-electron chi connectivity index (χ1n) is 8.15. The standard InChI is InChI=1S/C18H18FN3O3/c19-16-12-14(7-8-17(16)21-9-2-1-3-10-21)20-18(23)13-5-4-6-15(11-13)22(24)25/h4-8,11-12H,1-3,9-10H2,(H,20,23). The maximum Gasteiger partial charge on any atom is 0.270 e. The smallest absolute Gasteiger partial charge is 0.270 e. The van der Waals surface area contributed by atoms with Crippen LogP contribution in [0.15, 0.2) is 42.5 Å². The van der Waals surface area contributed by atoms with Crippen molar-refractivity contribution in [1.29, 1.82) is 0 Å². The van der Waals surface area contributed by atoms with E-state index in [0.29, 0.717) is 11.4 Å². The van der Waals surface area contributed by atoms with Crippen LogP contribution < -0.4 is 10.2 Å². The Morgan fingerprint density at radius 1 is 1.12 bits per heavy atom. The lowest BCUT2D eigenvalue weighted by Gasteiger charge is -2.29. The summed E-state index contributed by atoms with van der Waals surface area (Å²) in [4.78, 5) is 24.4. The summed E-state index contributed by atoms with van der Waals surface area (Å²) < 4.78 is 14.4. The molecule has 2 aromatic carbocycles. The van der Waals surface area contributed by atoms with E-state index in [1.807, 2.05) is 4.90 Å². The van der Waals surface area contributed by atoms with Gasteiger partial charge in [0.05, 0.1) is 10.6 Å². The van der Waals surface area contributed by atoms with Crippen molar-refractivity contribution in [3.05, 3.63) is 64.0 Å².